The van der Waals surface area contributed by atoms with Gasteiger partial charge in [-0.15, -0.1) is 0 Å². The van der Waals surface area contributed by atoms with Crippen LogP contribution in [-0.2, 0) is 6.54 Å². The summed E-state index contributed by atoms with van der Waals surface area (Å²) < 4.78 is 6.90. The maximum Gasteiger partial charge on any atom is 0.229 e. The summed E-state index contributed by atoms with van der Waals surface area (Å²) in [5.74, 6) is 1.55. The molecule has 0 saturated heterocycles. The molecule has 1 saturated carbocycles. The molecule has 7 heteroatoms. The average molecular weight is 282 g/mol. The minimum atomic E-state index is 0.119. The van der Waals surface area contributed by atoms with E-state index in [-0.39, 0.29) is 17.9 Å². The fourth-order valence-electron chi connectivity index (χ4n) is 2.70. The summed E-state index contributed by atoms with van der Waals surface area (Å²) in [5, 5.41) is 21.9. The Labute approximate surface area is 121 Å². The van der Waals surface area contributed by atoms with Gasteiger partial charge in [0.05, 0.1) is 12.9 Å². The molecule has 0 aromatic carbocycles. The van der Waals surface area contributed by atoms with Crippen LogP contribution in [0.1, 0.15) is 61.1 Å². The highest BCUT2D eigenvalue weighted by atomic mass is 16.5. The largest absolute Gasteiger partial charge is 0.339 e. The second-order valence-electron chi connectivity index (χ2n) is 5.18. The summed E-state index contributed by atoms with van der Waals surface area (Å²) >= 11 is 0. The number of rotatable bonds is 3. The van der Waals surface area contributed by atoms with E-state index in [0.29, 0.717) is 17.6 Å². The highest BCUT2D eigenvalue weighted by Crippen LogP contribution is 2.31. The van der Waals surface area contributed by atoms with Crippen LogP contribution in [0.2, 0.25) is 0 Å². The van der Waals surface area contributed by atoms with E-state index in [0.717, 1.165) is 12.8 Å². The summed E-state index contributed by atoms with van der Waals surface area (Å²) in [6.45, 7) is 0.286. The Morgan fingerprint density at radius 3 is 2.76 bits per heavy atom. The van der Waals surface area contributed by atoms with Gasteiger partial charge in [-0.1, -0.05) is 24.4 Å². The van der Waals surface area contributed by atoms with Gasteiger partial charge in [-0.25, -0.2) is 4.98 Å². The van der Waals surface area contributed by atoms with Crippen LogP contribution in [-0.4, -0.2) is 19.7 Å². The molecule has 3 rings (SSSR count). The molecule has 7 nitrogen and oxygen atoms in total. The normalized spacial score (nSPS) is 15.5. The van der Waals surface area contributed by atoms with Gasteiger partial charge in [0.2, 0.25) is 5.89 Å². The molecular formula is C14H14N6O. The van der Waals surface area contributed by atoms with Crippen LogP contribution in [0.3, 0.4) is 0 Å². The van der Waals surface area contributed by atoms with Crippen molar-refractivity contribution in [2.75, 3.05) is 0 Å². The Kier molecular flexibility index (Phi) is 3.65. The van der Waals surface area contributed by atoms with Crippen LogP contribution in [0.4, 0.5) is 0 Å². The minimum Gasteiger partial charge on any atom is -0.339 e. The van der Waals surface area contributed by atoms with E-state index in [1.807, 2.05) is 12.1 Å². The first-order valence-electron chi connectivity index (χ1n) is 6.99. The smallest absolute Gasteiger partial charge is 0.229 e. The zero-order valence-electron chi connectivity index (χ0n) is 11.5. The molecule has 2 aromatic heterocycles. The van der Waals surface area contributed by atoms with Crippen molar-refractivity contribution in [3.05, 3.63) is 29.4 Å². The van der Waals surface area contributed by atoms with Gasteiger partial charge in [-0.05, 0) is 12.8 Å². The Balaban J connectivity index is 1.77. The highest BCUT2D eigenvalue weighted by Gasteiger charge is 2.22. The SMILES string of the molecule is N#Cc1ncn(Cc2noc(C3CCCCC3)n2)c1C#N. The number of nitrogens with zero attached hydrogens (tertiary/aromatic N) is 6. The topological polar surface area (TPSA) is 104 Å². The van der Waals surface area contributed by atoms with Crippen LogP contribution in [0, 0.1) is 22.7 Å². The Bertz CT molecular complexity index is 711. The second kappa shape index (κ2) is 5.76. The third-order valence-corrected chi connectivity index (χ3v) is 3.80. The van der Waals surface area contributed by atoms with Crippen molar-refractivity contribution in [2.45, 2.75) is 44.6 Å². The van der Waals surface area contributed by atoms with E-state index in [9.17, 15) is 0 Å². The summed E-state index contributed by atoms with van der Waals surface area (Å²) in [4.78, 5) is 8.31. The van der Waals surface area contributed by atoms with Crippen molar-refractivity contribution >= 4 is 0 Å². The van der Waals surface area contributed by atoms with Gasteiger partial charge in [0, 0.05) is 5.92 Å². The van der Waals surface area contributed by atoms with Crippen LogP contribution >= 0.6 is 0 Å². The van der Waals surface area contributed by atoms with E-state index in [1.165, 1.54) is 25.6 Å². The molecule has 0 N–H and O–H groups in total. The molecule has 0 amide bonds. The van der Waals surface area contributed by atoms with Crippen molar-refractivity contribution in [3.63, 3.8) is 0 Å². The molecule has 0 spiro atoms. The molecule has 1 fully saturated rings. The molecule has 1 aliphatic rings. The van der Waals surface area contributed by atoms with Gasteiger partial charge in [0.1, 0.15) is 12.1 Å². The highest BCUT2D eigenvalue weighted by molar-refractivity contribution is 5.36. The predicted molar refractivity (Wildman–Crippen MR) is 70.9 cm³/mol. The van der Waals surface area contributed by atoms with E-state index in [4.69, 9.17) is 15.0 Å². The first-order valence-corrected chi connectivity index (χ1v) is 6.99. The minimum absolute atomic E-state index is 0.119. The zero-order valence-corrected chi connectivity index (χ0v) is 11.5. The maximum absolute atomic E-state index is 9.08. The van der Waals surface area contributed by atoms with E-state index < -0.39 is 0 Å². The first-order chi connectivity index (χ1) is 10.3. The quantitative estimate of drug-likeness (QED) is 0.853. The van der Waals surface area contributed by atoms with E-state index in [2.05, 4.69) is 15.1 Å². The third kappa shape index (κ3) is 2.63. The molecule has 0 radical (unpaired) electrons. The fourth-order valence-corrected chi connectivity index (χ4v) is 2.70. The summed E-state index contributed by atoms with van der Waals surface area (Å²) in [7, 11) is 0. The fraction of sp³-hybridized carbons (Fsp3) is 0.500. The lowest BCUT2D eigenvalue weighted by Gasteiger charge is -2.17. The summed E-state index contributed by atoms with van der Waals surface area (Å²) in [6.07, 6.45) is 7.31. The van der Waals surface area contributed by atoms with Gasteiger partial charge in [0.25, 0.3) is 0 Å². The standard InChI is InChI=1S/C14H14N6O/c15-6-11-12(7-16)20(9-17-11)8-13-18-14(21-19-13)10-4-2-1-3-5-10/h9-10H,1-5,8H2. The molecule has 0 bridgehead atoms. The van der Waals surface area contributed by atoms with Crippen LogP contribution in [0.25, 0.3) is 0 Å². The zero-order chi connectivity index (χ0) is 14.7. The average Bonchev–Trinajstić information content (AvgIpc) is 3.15. The lowest BCUT2D eigenvalue weighted by Crippen LogP contribution is -2.06. The molecule has 2 aromatic rings. The van der Waals surface area contributed by atoms with Gasteiger partial charge < -0.3 is 9.09 Å². The molecule has 0 unspecified atom stereocenters. The van der Waals surface area contributed by atoms with Crippen molar-refractivity contribution in [1.82, 2.24) is 19.7 Å². The van der Waals surface area contributed by atoms with Crippen molar-refractivity contribution in [1.29, 1.82) is 10.5 Å². The monoisotopic (exact) mass is 282 g/mol. The summed E-state index contributed by atoms with van der Waals surface area (Å²) in [5.41, 5.74) is 0.343. The molecule has 0 atom stereocenters. The van der Waals surface area contributed by atoms with Gasteiger partial charge in [-0.2, -0.15) is 15.5 Å². The number of hydrogen-bond acceptors (Lipinski definition) is 6. The number of nitriles is 2. The lowest BCUT2D eigenvalue weighted by molar-refractivity contribution is 0.312. The molecular weight excluding hydrogens is 268 g/mol. The van der Waals surface area contributed by atoms with E-state index in [1.54, 1.807) is 4.57 Å². The Morgan fingerprint density at radius 2 is 2.05 bits per heavy atom. The summed E-state index contributed by atoms with van der Waals surface area (Å²) in [6, 6.07) is 3.87. The van der Waals surface area contributed by atoms with E-state index >= 15 is 0 Å². The van der Waals surface area contributed by atoms with Crippen LogP contribution < -0.4 is 0 Å². The van der Waals surface area contributed by atoms with Crippen LogP contribution in [0.5, 0.6) is 0 Å². The first kappa shape index (κ1) is 13.3. The van der Waals surface area contributed by atoms with Crippen molar-refractivity contribution in [3.8, 4) is 12.1 Å². The lowest BCUT2D eigenvalue weighted by atomic mass is 9.89. The van der Waals surface area contributed by atoms with Gasteiger partial charge in [-0.3, -0.25) is 0 Å². The Morgan fingerprint density at radius 1 is 1.24 bits per heavy atom. The van der Waals surface area contributed by atoms with Crippen molar-refractivity contribution < 1.29 is 4.52 Å². The predicted octanol–water partition coefficient (Wildman–Crippen LogP) is 2.11. The van der Waals surface area contributed by atoms with Gasteiger partial charge in [0.15, 0.2) is 17.2 Å². The third-order valence-electron chi connectivity index (χ3n) is 3.80. The maximum atomic E-state index is 9.08. The molecule has 1 aliphatic carbocycles. The second-order valence-corrected chi connectivity index (χ2v) is 5.18. The molecule has 0 aliphatic heterocycles. The van der Waals surface area contributed by atoms with Gasteiger partial charge >= 0.3 is 0 Å². The number of imidazole rings is 1. The van der Waals surface area contributed by atoms with Crippen LogP contribution in [0.15, 0.2) is 10.9 Å². The number of hydrogen-bond donors (Lipinski definition) is 0. The molecule has 106 valence electrons. The Hall–Kier alpha value is -2.67. The molecule has 21 heavy (non-hydrogen) atoms. The van der Waals surface area contributed by atoms with Crippen molar-refractivity contribution in [2.24, 2.45) is 0 Å². The number of aromatic nitrogens is 4. The molecule has 2 heterocycles.